The number of hydrogen-bond acceptors (Lipinski definition) is 4. The van der Waals surface area contributed by atoms with E-state index in [9.17, 15) is 9.18 Å². The molecule has 0 radical (unpaired) electrons. The SMILES string of the molecule is CC1=C(C(=O)Nc2ccccc2)C(c2ccc(F)cc2)n2nc(-c3ccccc3)nc2N1. The van der Waals surface area contributed by atoms with Gasteiger partial charge < -0.3 is 10.6 Å². The first-order valence-electron chi connectivity index (χ1n) is 10.2. The van der Waals surface area contributed by atoms with Crippen LogP contribution >= 0.6 is 0 Å². The first-order valence-corrected chi connectivity index (χ1v) is 10.2. The van der Waals surface area contributed by atoms with Crippen molar-refractivity contribution in [1.29, 1.82) is 0 Å². The van der Waals surface area contributed by atoms with Crippen LogP contribution in [0.4, 0.5) is 16.0 Å². The van der Waals surface area contributed by atoms with Crippen molar-refractivity contribution in [3.05, 3.63) is 108 Å². The molecule has 0 fully saturated rings. The molecule has 1 amide bonds. The van der Waals surface area contributed by atoms with Gasteiger partial charge >= 0.3 is 0 Å². The van der Waals surface area contributed by atoms with E-state index in [4.69, 9.17) is 5.10 Å². The summed E-state index contributed by atoms with van der Waals surface area (Å²) in [5, 5.41) is 10.9. The number of nitrogens with zero attached hydrogens (tertiary/aromatic N) is 3. The van der Waals surface area contributed by atoms with Gasteiger partial charge in [-0.2, -0.15) is 4.98 Å². The number of rotatable bonds is 4. The second-order valence-corrected chi connectivity index (χ2v) is 7.51. The average molecular weight is 425 g/mol. The van der Waals surface area contributed by atoms with Crippen molar-refractivity contribution in [3.8, 4) is 11.4 Å². The molecule has 0 saturated carbocycles. The van der Waals surface area contributed by atoms with Gasteiger partial charge in [-0.05, 0) is 36.8 Å². The highest BCUT2D eigenvalue weighted by Gasteiger charge is 2.34. The molecule has 1 aliphatic heterocycles. The number of benzene rings is 3. The zero-order valence-electron chi connectivity index (χ0n) is 17.3. The highest BCUT2D eigenvalue weighted by Crippen LogP contribution is 2.36. The van der Waals surface area contributed by atoms with Gasteiger partial charge in [-0.25, -0.2) is 9.07 Å². The van der Waals surface area contributed by atoms with Gasteiger partial charge in [-0.3, -0.25) is 4.79 Å². The molecule has 0 saturated heterocycles. The Bertz CT molecular complexity index is 1300. The zero-order chi connectivity index (χ0) is 22.1. The molecule has 6 nitrogen and oxygen atoms in total. The van der Waals surface area contributed by atoms with Gasteiger partial charge in [-0.1, -0.05) is 60.7 Å². The Morgan fingerprint density at radius 3 is 2.31 bits per heavy atom. The van der Waals surface area contributed by atoms with Gasteiger partial charge in [-0.15, -0.1) is 5.10 Å². The monoisotopic (exact) mass is 425 g/mol. The van der Waals surface area contributed by atoms with Crippen molar-refractivity contribution in [2.45, 2.75) is 13.0 Å². The fraction of sp³-hybridized carbons (Fsp3) is 0.0800. The summed E-state index contributed by atoms with van der Waals surface area (Å²) >= 11 is 0. The van der Waals surface area contributed by atoms with Crippen molar-refractivity contribution >= 4 is 17.5 Å². The van der Waals surface area contributed by atoms with E-state index >= 15 is 0 Å². The summed E-state index contributed by atoms with van der Waals surface area (Å²) in [6.45, 7) is 1.83. The molecule has 1 aromatic heterocycles. The van der Waals surface area contributed by atoms with E-state index in [0.29, 0.717) is 28.7 Å². The van der Waals surface area contributed by atoms with Gasteiger partial charge in [0.05, 0.1) is 5.57 Å². The van der Waals surface area contributed by atoms with E-state index in [0.717, 1.165) is 11.1 Å². The highest BCUT2D eigenvalue weighted by molar-refractivity contribution is 6.06. The van der Waals surface area contributed by atoms with Crippen molar-refractivity contribution in [2.24, 2.45) is 0 Å². The van der Waals surface area contributed by atoms with E-state index in [1.54, 1.807) is 16.8 Å². The van der Waals surface area contributed by atoms with E-state index in [1.165, 1.54) is 12.1 Å². The standard InChI is InChI=1S/C25H20FN5O/c1-16-21(24(32)28-20-10-6-3-7-11-20)22(17-12-14-19(26)15-13-17)31-25(27-16)29-23(30-31)18-8-4-2-5-9-18/h2-15,22H,1H3,(H,28,32)(H,27,29,30). The lowest BCUT2D eigenvalue weighted by Gasteiger charge is -2.28. The maximum absolute atomic E-state index is 13.7. The first kappa shape index (κ1) is 19.7. The Labute approximate surface area is 184 Å². The Kier molecular flexibility index (Phi) is 4.99. The lowest BCUT2D eigenvalue weighted by molar-refractivity contribution is -0.113. The Morgan fingerprint density at radius 2 is 1.62 bits per heavy atom. The van der Waals surface area contributed by atoms with Gasteiger partial charge in [0.15, 0.2) is 5.82 Å². The Balaban J connectivity index is 1.60. The topological polar surface area (TPSA) is 71.8 Å². The third-order valence-electron chi connectivity index (χ3n) is 5.35. The molecule has 4 aromatic rings. The summed E-state index contributed by atoms with van der Waals surface area (Å²) in [4.78, 5) is 18.0. The molecular formula is C25H20FN5O. The Hall–Kier alpha value is -4.26. The normalized spacial score (nSPS) is 15.1. The number of amides is 1. The van der Waals surface area contributed by atoms with Gasteiger partial charge in [0.25, 0.3) is 5.91 Å². The lowest BCUT2D eigenvalue weighted by Crippen LogP contribution is -2.31. The minimum Gasteiger partial charge on any atom is -0.328 e. The number of halogens is 1. The molecule has 1 atom stereocenters. The van der Waals surface area contributed by atoms with Gasteiger partial charge in [0.1, 0.15) is 11.9 Å². The summed E-state index contributed by atoms with van der Waals surface area (Å²) < 4.78 is 15.3. The molecule has 2 N–H and O–H groups in total. The molecule has 158 valence electrons. The number of hydrogen-bond donors (Lipinski definition) is 2. The number of para-hydroxylation sites is 1. The quantitative estimate of drug-likeness (QED) is 0.482. The van der Waals surface area contributed by atoms with Crippen molar-refractivity contribution in [3.63, 3.8) is 0 Å². The van der Waals surface area contributed by atoms with Crippen LogP contribution in [0, 0.1) is 5.82 Å². The molecule has 0 spiro atoms. The van der Waals surface area contributed by atoms with Crippen LogP contribution in [0.15, 0.2) is 96.2 Å². The third-order valence-corrected chi connectivity index (χ3v) is 5.35. The third kappa shape index (κ3) is 3.65. The number of allylic oxidation sites excluding steroid dienone is 1. The van der Waals surface area contributed by atoms with Crippen LogP contribution in [-0.4, -0.2) is 20.7 Å². The maximum atomic E-state index is 13.7. The number of carbonyl (C=O) groups excluding carboxylic acids is 1. The fourth-order valence-electron chi connectivity index (χ4n) is 3.83. The summed E-state index contributed by atoms with van der Waals surface area (Å²) in [5.74, 6) is 0.449. The predicted molar refractivity (Wildman–Crippen MR) is 121 cm³/mol. The molecular weight excluding hydrogens is 405 g/mol. The van der Waals surface area contributed by atoms with Gasteiger partial charge in [0.2, 0.25) is 5.95 Å². The molecule has 7 heteroatoms. The molecule has 5 rings (SSSR count). The molecule has 32 heavy (non-hydrogen) atoms. The molecule has 0 aliphatic carbocycles. The van der Waals surface area contributed by atoms with Crippen LogP contribution in [0.3, 0.4) is 0 Å². The van der Waals surface area contributed by atoms with Crippen LogP contribution in [0.2, 0.25) is 0 Å². The van der Waals surface area contributed by atoms with Crippen LogP contribution in [-0.2, 0) is 4.79 Å². The van der Waals surface area contributed by atoms with Crippen LogP contribution in [0.1, 0.15) is 18.5 Å². The van der Waals surface area contributed by atoms with Crippen molar-refractivity contribution in [2.75, 3.05) is 10.6 Å². The van der Waals surface area contributed by atoms with Crippen LogP contribution < -0.4 is 10.6 Å². The summed E-state index contributed by atoms with van der Waals surface area (Å²) in [6, 6.07) is 24.4. The number of aromatic nitrogens is 3. The lowest BCUT2D eigenvalue weighted by atomic mass is 9.95. The maximum Gasteiger partial charge on any atom is 0.255 e. The average Bonchev–Trinajstić information content (AvgIpc) is 3.23. The van der Waals surface area contributed by atoms with Crippen LogP contribution in [0.25, 0.3) is 11.4 Å². The highest BCUT2D eigenvalue weighted by atomic mass is 19.1. The van der Waals surface area contributed by atoms with Gasteiger partial charge in [0, 0.05) is 16.9 Å². The molecule has 3 aromatic carbocycles. The number of fused-ring (bicyclic) bond motifs is 1. The summed E-state index contributed by atoms with van der Waals surface area (Å²) in [6.07, 6.45) is 0. The van der Waals surface area contributed by atoms with E-state index in [2.05, 4.69) is 15.6 Å². The smallest absolute Gasteiger partial charge is 0.255 e. The predicted octanol–water partition coefficient (Wildman–Crippen LogP) is 5.01. The first-order chi connectivity index (χ1) is 15.6. The second-order valence-electron chi connectivity index (χ2n) is 7.51. The Morgan fingerprint density at radius 1 is 0.969 bits per heavy atom. The summed E-state index contributed by atoms with van der Waals surface area (Å²) in [5.41, 5.74) is 3.42. The van der Waals surface area contributed by atoms with E-state index in [-0.39, 0.29) is 11.7 Å². The van der Waals surface area contributed by atoms with Crippen LogP contribution in [0.5, 0.6) is 0 Å². The summed E-state index contributed by atoms with van der Waals surface area (Å²) in [7, 11) is 0. The minimum absolute atomic E-state index is 0.266. The van der Waals surface area contributed by atoms with Crippen molar-refractivity contribution in [1.82, 2.24) is 14.8 Å². The van der Waals surface area contributed by atoms with E-state index < -0.39 is 6.04 Å². The van der Waals surface area contributed by atoms with Crippen molar-refractivity contribution < 1.29 is 9.18 Å². The second kappa shape index (κ2) is 8.11. The molecule has 1 aliphatic rings. The molecule has 1 unspecified atom stereocenters. The number of nitrogens with one attached hydrogen (secondary N) is 2. The number of anilines is 2. The zero-order valence-corrected chi connectivity index (χ0v) is 17.3. The fourth-order valence-corrected chi connectivity index (χ4v) is 3.83. The number of carbonyl (C=O) groups is 1. The molecule has 0 bridgehead atoms. The largest absolute Gasteiger partial charge is 0.328 e. The van der Waals surface area contributed by atoms with E-state index in [1.807, 2.05) is 67.6 Å². The minimum atomic E-state index is -0.569. The molecule has 2 heterocycles.